The Balaban J connectivity index is 1.84. The second kappa shape index (κ2) is 7.50. The number of nitrogens with zero attached hydrogens (tertiary/aromatic N) is 5. The zero-order valence-electron chi connectivity index (χ0n) is 17.8. The van der Waals surface area contributed by atoms with Crippen molar-refractivity contribution in [1.82, 2.24) is 24.1 Å². The summed E-state index contributed by atoms with van der Waals surface area (Å²) in [5.41, 5.74) is 4.45. The topological polar surface area (TPSA) is 74.8 Å². The van der Waals surface area contributed by atoms with Gasteiger partial charge in [-0.3, -0.25) is 9.36 Å². The molecule has 7 nitrogen and oxygen atoms in total. The molecule has 0 fully saturated rings. The first-order chi connectivity index (χ1) is 15.1. The van der Waals surface area contributed by atoms with Crippen LogP contribution in [0, 0.1) is 6.92 Å². The first-order valence-corrected chi connectivity index (χ1v) is 10.4. The highest BCUT2D eigenvalue weighted by atomic mass is 16.5. The van der Waals surface area contributed by atoms with Gasteiger partial charge in [0.25, 0.3) is 5.56 Å². The van der Waals surface area contributed by atoms with Gasteiger partial charge in [0.1, 0.15) is 22.5 Å². The highest BCUT2D eigenvalue weighted by Crippen LogP contribution is 2.26. The second-order valence-corrected chi connectivity index (χ2v) is 7.63. The minimum Gasteiger partial charge on any atom is -0.497 e. The maximum Gasteiger partial charge on any atom is 0.265 e. The van der Waals surface area contributed by atoms with Crippen molar-refractivity contribution in [1.29, 1.82) is 0 Å². The van der Waals surface area contributed by atoms with Crippen LogP contribution in [-0.4, -0.2) is 31.2 Å². The summed E-state index contributed by atoms with van der Waals surface area (Å²) in [6, 6.07) is 15.6. The minimum absolute atomic E-state index is 0.0626. The van der Waals surface area contributed by atoms with E-state index in [1.165, 1.54) is 0 Å². The van der Waals surface area contributed by atoms with Gasteiger partial charge in [-0.1, -0.05) is 31.2 Å². The van der Waals surface area contributed by atoms with Gasteiger partial charge in [0, 0.05) is 6.54 Å². The Labute approximate surface area is 179 Å². The van der Waals surface area contributed by atoms with E-state index in [-0.39, 0.29) is 5.56 Å². The lowest BCUT2D eigenvalue weighted by molar-refractivity contribution is 0.414. The molecular formula is C24H23N5O2. The van der Waals surface area contributed by atoms with Crippen LogP contribution in [0.25, 0.3) is 33.2 Å². The van der Waals surface area contributed by atoms with Crippen molar-refractivity contribution < 1.29 is 4.74 Å². The summed E-state index contributed by atoms with van der Waals surface area (Å²) in [5, 5.41) is 0.529. The number of para-hydroxylation sites is 2. The highest BCUT2D eigenvalue weighted by Gasteiger charge is 2.21. The van der Waals surface area contributed by atoms with Gasteiger partial charge in [-0.15, -0.1) is 0 Å². The first kappa shape index (κ1) is 19.2. The highest BCUT2D eigenvalue weighted by molar-refractivity contribution is 6.04. The first-order valence-electron chi connectivity index (χ1n) is 10.4. The van der Waals surface area contributed by atoms with Crippen molar-refractivity contribution in [2.24, 2.45) is 0 Å². The summed E-state index contributed by atoms with van der Waals surface area (Å²) in [6.07, 6.45) is 0.854. The predicted molar refractivity (Wildman–Crippen MR) is 122 cm³/mol. The van der Waals surface area contributed by atoms with E-state index >= 15 is 0 Å². The zero-order valence-corrected chi connectivity index (χ0v) is 17.8. The molecule has 0 radical (unpaired) electrons. The van der Waals surface area contributed by atoms with Gasteiger partial charge < -0.3 is 9.30 Å². The number of ether oxygens (including phenoxy) is 1. The Kier molecular flexibility index (Phi) is 4.66. The molecule has 7 heteroatoms. The van der Waals surface area contributed by atoms with E-state index < -0.39 is 0 Å². The van der Waals surface area contributed by atoms with Crippen LogP contribution >= 0.6 is 0 Å². The Bertz CT molecular complexity index is 1480. The minimum atomic E-state index is -0.0626. The molecule has 5 rings (SSSR count). The van der Waals surface area contributed by atoms with Crippen LogP contribution in [0.3, 0.4) is 0 Å². The molecule has 3 heterocycles. The van der Waals surface area contributed by atoms with Crippen LogP contribution in [0.2, 0.25) is 0 Å². The van der Waals surface area contributed by atoms with E-state index in [2.05, 4.69) is 6.92 Å². The zero-order chi connectivity index (χ0) is 21.5. The summed E-state index contributed by atoms with van der Waals surface area (Å²) in [5.74, 6) is 1.50. The number of aromatic nitrogens is 5. The molecule has 0 aliphatic carbocycles. The van der Waals surface area contributed by atoms with Crippen molar-refractivity contribution >= 4 is 33.2 Å². The average Bonchev–Trinajstić information content (AvgIpc) is 3.08. The number of aryl methyl sites for hydroxylation is 1. The molecule has 0 aliphatic heterocycles. The molecule has 0 saturated heterocycles. The lowest BCUT2D eigenvalue weighted by Crippen LogP contribution is -2.24. The Morgan fingerprint density at radius 1 is 0.903 bits per heavy atom. The summed E-state index contributed by atoms with van der Waals surface area (Å²) in [4.78, 5) is 28.0. The number of methoxy groups -OCH3 is 1. The second-order valence-electron chi connectivity index (χ2n) is 7.63. The third kappa shape index (κ3) is 3.13. The molecule has 0 aliphatic rings. The fourth-order valence-electron chi connectivity index (χ4n) is 4.05. The van der Waals surface area contributed by atoms with E-state index in [1.807, 2.05) is 60.0 Å². The van der Waals surface area contributed by atoms with Gasteiger partial charge in [-0.05, 0) is 43.2 Å². The van der Waals surface area contributed by atoms with Crippen LogP contribution in [-0.2, 0) is 13.1 Å². The number of hydrogen-bond acceptors (Lipinski definition) is 5. The fourth-order valence-corrected chi connectivity index (χ4v) is 4.05. The van der Waals surface area contributed by atoms with Gasteiger partial charge in [0.2, 0.25) is 0 Å². The van der Waals surface area contributed by atoms with Gasteiger partial charge >= 0.3 is 0 Å². The lowest BCUT2D eigenvalue weighted by Gasteiger charge is -2.10. The monoisotopic (exact) mass is 413 g/mol. The molecule has 31 heavy (non-hydrogen) atoms. The normalized spacial score (nSPS) is 11.6. The third-order valence-corrected chi connectivity index (χ3v) is 5.59. The SMILES string of the molecule is CCCn1c(C)nc2c(c1=O)c1nc3ccccc3nc1n2Cc1ccc(OC)cc1. The molecule has 156 valence electrons. The maximum absolute atomic E-state index is 13.5. The maximum atomic E-state index is 13.5. The van der Waals surface area contributed by atoms with Gasteiger partial charge in [0.05, 0.1) is 24.7 Å². The van der Waals surface area contributed by atoms with E-state index in [9.17, 15) is 4.79 Å². The van der Waals surface area contributed by atoms with Crippen LogP contribution in [0.4, 0.5) is 0 Å². The van der Waals surface area contributed by atoms with Crippen LogP contribution in [0.5, 0.6) is 5.75 Å². The summed E-state index contributed by atoms with van der Waals surface area (Å²) in [7, 11) is 1.65. The predicted octanol–water partition coefficient (Wildman–Crippen LogP) is 4.07. The van der Waals surface area contributed by atoms with E-state index in [1.54, 1.807) is 11.7 Å². The molecule has 0 spiro atoms. The molecule has 0 N–H and O–H groups in total. The van der Waals surface area contributed by atoms with E-state index in [0.717, 1.165) is 28.8 Å². The quantitative estimate of drug-likeness (QED) is 0.434. The molecule has 0 saturated carbocycles. The summed E-state index contributed by atoms with van der Waals surface area (Å²) >= 11 is 0. The molecule has 2 aromatic carbocycles. The number of hydrogen-bond donors (Lipinski definition) is 0. The molecule has 0 unspecified atom stereocenters. The van der Waals surface area contributed by atoms with Crippen LogP contribution in [0.15, 0.2) is 53.3 Å². The van der Waals surface area contributed by atoms with Crippen LogP contribution in [0.1, 0.15) is 24.7 Å². The Morgan fingerprint density at radius 2 is 1.61 bits per heavy atom. The lowest BCUT2D eigenvalue weighted by atomic mass is 10.2. The average molecular weight is 413 g/mol. The molecule has 0 atom stereocenters. The molecule has 0 amide bonds. The smallest absolute Gasteiger partial charge is 0.265 e. The van der Waals surface area contributed by atoms with E-state index in [0.29, 0.717) is 41.1 Å². The molecule has 0 bridgehead atoms. The molecule has 5 aromatic rings. The van der Waals surface area contributed by atoms with Crippen LogP contribution < -0.4 is 10.3 Å². The van der Waals surface area contributed by atoms with E-state index in [4.69, 9.17) is 19.7 Å². The van der Waals surface area contributed by atoms with Crippen molar-refractivity contribution in [2.45, 2.75) is 33.4 Å². The standard InChI is InChI=1S/C24H23N5O2/c1-4-13-28-15(2)25-22-20(24(28)30)21-23(27-19-8-6-5-7-18(19)26-21)29(22)14-16-9-11-17(31-3)12-10-16/h5-12H,4,13-14H2,1-3H3. The summed E-state index contributed by atoms with van der Waals surface area (Å²) in [6.45, 7) is 5.08. The fraction of sp³-hybridized carbons (Fsp3) is 0.250. The van der Waals surface area contributed by atoms with Gasteiger partial charge in [0.15, 0.2) is 11.3 Å². The summed E-state index contributed by atoms with van der Waals surface area (Å²) < 4.78 is 9.00. The largest absolute Gasteiger partial charge is 0.497 e. The van der Waals surface area contributed by atoms with Gasteiger partial charge in [-0.25, -0.2) is 15.0 Å². The number of fused-ring (bicyclic) bond motifs is 4. The van der Waals surface area contributed by atoms with Crippen molar-refractivity contribution in [3.63, 3.8) is 0 Å². The number of rotatable bonds is 5. The Morgan fingerprint density at radius 3 is 2.29 bits per heavy atom. The molecule has 3 aromatic heterocycles. The molecular weight excluding hydrogens is 390 g/mol. The van der Waals surface area contributed by atoms with Crippen molar-refractivity contribution in [3.8, 4) is 5.75 Å². The van der Waals surface area contributed by atoms with Gasteiger partial charge in [-0.2, -0.15) is 0 Å². The third-order valence-electron chi connectivity index (χ3n) is 5.59. The van der Waals surface area contributed by atoms with Crippen molar-refractivity contribution in [3.05, 3.63) is 70.3 Å². The number of benzene rings is 2. The van der Waals surface area contributed by atoms with Crippen molar-refractivity contribution in [2.75, 3.05) is 7.11 Å². The Hall–Kier alpha value is -3.74.